The number of fused-ring (bicyclic) bond motifs is 2. The number of amides is 2. The summed E-state index contributed by atoms with van der Waals surface area (Å²) >= 11 is 1.53. The van der Waals surface area contributed by atoms with Crippen LogP contribution in [-0.2, 0) is 19.1 Å². The summed E-state index contributed by atoms with van der Waals surface area (Å²) in [4.78, 5) is 45.0. The average Bonchev–Trinajstić information content (AvgIpc) is 2.96. The molecule has 4 aliphatic heterocycles. The van der Waals surface area contributed by atoms with Gasteiger partial charge in [-0.3, -0.25) is 14.4 Å². The van der Waals surface area contributed by atoms with Gasteiger partial charge in [-0.2, -0.15) is 0 Å². The summed E-state index contributed by atoms with van der Waals surface area (Å²) in [6.07, 6.45) is 8.58. The first-order valence-corrected chi connectivity index (χ1v) is 13.0. The van der Waals surface area contributed by atoms with Gasteiger partial charge in [-0.1, -0.05) is 39.0 Å². The molecular formula is C26H38N2O5S. The maximum Gasteiger partial charge on any atom is 0.311 e. The van der Waals surface area contributed by atoms with Gasteiger partial charge >= 0.3 is 5.97 Å². The monoisotopic (exact) mass is 490 g/mol. The number of carbonyl (C=O) groups is 3. The Morgan fingerprint density at radius 1 is 1.12 bits per heavy atom. The predicted molar refractivity (Wildman–Crippen MR) is 132 cm³/mol. The Labute approximate surface area is 206 Å². The number of cyclic esters (lactones) is 1. The molecule has 4 heterocycles. The van der Waals surface area contributed by atoms with Crippen LogP contribution in [0.2, 0.25) is 0 Å². The fraction of sp³-hybridized carbons (Fsp3) is 0.731. The first-order chi connectivity index (χ1) is 15.7. The lowest BCUT2D eigenvalue weighted by Gasteiger charge is -2.45. The minimum absolute atomic E-state index is 0.000918. The van der Waals surface area contributed by atoms with Crippen LogP contribution in [0.15, 0.2) is 24.3 Å². The first-order valence-electron chi connectivity index (χ1n) is 12.2. The molecule has 4 rings (SSSR count). The van der Waals surface area contributed by atoms with Crippen molar-refractivity contribution in [3.05, 3.63) is 24.3 Å². The lowest BCUT2D eigenvalue weighted by Crippen LogP contribution is -2.60. The van der Waals surface area contributed by atoms with Crippen molar-refractivity contribution in [1.29, 1.82) is 0 Å². The Hall–Kier alpha value is -1.80. The van der Waals surface area contributed by atoms with Crippen molar-refractivity contribution in [2.75, 3.05) is 19.8 Å². The lowest BCUT2D eigenvalue weighted by atomic mass is 9.74. The van der Waals surface area contributed by atoms with Crippen molar-refractivity contribution in [2.24, 2.45) is 17.3 Å². The lowest BCUT2D eigenvalue weighted by molar-refractivity contribution is -0.153. The number of aliphatic hydroxyl groups excluding tert-OH is 1. The molecule has 6 atom stereocenters. The van der Waals surface area contributed by atoms with E-state index in [0.29, 0.717) is 6.54 Å². The Morgan fingerprint density at radius 2 is 1.79 bits per heavy atom. The summed E-state index contributed by atoms with van der Waals surface area (Å²) in [5.41, 5.74) is -0.447. The second-order valence-electron chi connectivity index (χ2n) is 12.2. The number of rotatable bonds is 4. The maximum absolute atomic E-state index is 14.4. The Balaban J connectivity index is 1.86. The third-order valence-corrected chi connectivity index (χ3v) is 9.48. The number of ether oxygens (including phenoxy) is 1. The SMILES string of the molecule is C[C@H](CO)N1C(=O)[C@@H]2[C@H]3C(=O)OCC=C[C@@]3(C)S[C@@]23C=CCN(C(C)(C)CC(C)(C)C)C(=O)C13. The summed E-state index contributed by atoms with van der Waals surface area (Å²) < 4.78 is 3.87. The van der Waals surface area contributed by atoms with Gasteiger partial charge in [0, 0.05) is 16.8 Å². The molecule has 2 saturated heterocycles. The zero-order chi connectivity index (χ0) is 25.3. The zero-order valence-electron chi connectivity index (χ0n) is 21.3. The first kappa shape index (κ1) is 25.3. The van der Waals surface area contributed by atoms with E-state index in [2.05, 4.69) is 34.6 Å². The topological polar surface area (TPSA) is 87.2 Å². The van der Waals surface area contributed by atoms with Gasteiger partial charge in [-0.25, -0.2) is 0 Å². The van der Waals surface area contributed by atoms with E-state index in [9.17, 15) is 19.5 Å². The smallest absolute Gasteiger partial charge is 0.311 e. The Bertz CT molecular complexity index is 953. The van der Waals surface area contributed by atoms with Crippen LogP contribution in [-0.4, -0.2) is 79.6 Å². The second kappa shape index (κ2) is 8.12. The van der Waals surface area contributed by atoms with E-state index < -0.39 is 44.9 Å². The molecule has 0 bridgehead atoms. The second-order valence-corrected chi connectivity index (χ2v) is 14.0. The third kappa shape index (κ3) is 3.72. The van der Waals surface area contributed by atoms with Crippen molar-refractivity contribution >= 4 is 29.5 Å². The average molecular weight is 491 g/mol. The largest absolute Gasteiger partial charge is 0.461 e. The van der Waals surface area contributed by atoms with Gasteiger partial charge in [-0.05, 0) is 45.6 Å². The zero-order valence-corrected chi connectivity index (χ0v) is 22.1. The summed E-state index contributed by atoms with van der Waals surface area (Å²) in [7, 11) is 0. The summed E-state index contributed by atoms with van der Waals surface area (Å²) in [5, 5.41) is 10.0. The van der Waals surface area contributed by atoms with Crippen molar-refractivity contribution < 1.29 is 24.2 Å². The van der Waals surface area contributed by atoms with Crippen LogP contribution in [0, 0.1) is 17.3 Å². The minimum atomic E-state index is -0.912. The van der Waals surface area contributed by atoms with E-state index in [0.717, 1.165) is 6.42 Å². The number of hydrogen-bond donors (Lipinski definition) is 1. The molecule has 1 N–H and O–H groups in total. The normalized spacial score (nSPS) is 36.6. The molecule has 7 nitrogen and oxygen atoms in total. The van der Waals surface area contributed by atoms with E-state index in [1.165, 1.54) is 11.8 Å². The molecule has 0 aromatic heterocycles. The van der Waals surface area contributed by atoms with Crippen molar-refractivity contribution in [1.82, 2.24) is 9.80 Å². The highest BCUT2D eigenvalue weighted by Gasteiger charge is 2.74. The van der Waals surface area contributed by atoms with Crippen molar-refractivity contribution in [2.45, 2.75) is 82.0 Å². The molecule has 1 unspecified atom stereocenters. The molecular weight excluding hydrogens is 452 g/mol. The number of nitrogens with zero attached hydrogens (tertiary/aromatic N) is 2. The van der Waals surface area contributed by atoms with Crippen LogP contribution in [0.25, 0.3) is 0 Å². The minimum Gasteiger partial charge on any atom is -0.461 e. The molecule has 0 radical (unpaired) electrons. The van der Waals surface area contributed by atoms with Gasteiger partial charge in [-0.15, -0.1) is 11.8 Å². The quantitative estimate of drug-likeness (QED) is 0.482. The highest BCUT2D eigenvalue weighted by Crippen LogP contribution is 2.65. The van der Waals surface area contributed by atoms with E-state index in [-0.39, 0.29) is 30.4 Å². The molecule has 0 aromatic rings. The molecule has 0 aliphatic carbocycles. The Morgan fingerprint density at radius 3 is 2.41 bits per heavy atom. The van der Waals surface area contributed by atoms with E-state index in [1.54, 1.807) is 11.8 Å². The van der Waals surface area contributed by atoms with Crippen molar-refractivity contribution in [3.63, 3.8) is 0 Å². The van der Waals surface area contributed by atoms with Gasteiger partial charge in [0.1, 0.15) is 12.6 Å². The molecule has 1 spiro atoms. The molecule has 0 aromatic carbocycles. The van der Waals surface area contributed by atoms with E-state index in [1.807, 2.05) is 36.1 Å². The van der Waals surface area contributed by atoms with Gasteiger partial charge < -0.3 is 19.6 Å². The molecule has 34 heavy (non-hydrogen) atoms. The van der Waals surface area contributed by atoms with Crippen LogP contribution in [0.1, 0.15) is 54.9 Å². The van der Waals surface area contributed by atoms with Crippen LogP contribution in [0.5, 0.6) is 0 Å². The number of carbonyl (C=O) groups excluding carboxylic acids is 3. The highest BCUT2D eigenvalue weighted by atomic mass is 32.2. The van der Waals surface area contributed by atoms with Crippen LogP contribution in [0.3, 0.4) is 0 Å². The van der Waals surface area contributed by atoms with Gasteiger partial charge in [0.05, 0.1) is 29.2 Å². The number of thioether (sulfide) groups is 1. The molecule has 4 aliphatic rings. The molecule has 8 heteroatoms. The fourth-order valence-electron chi connectivity index (χ4n) is 6.79. The van der Waals surface area contributed by atoms with E-state index in [4.69, 9.17) is 4.74 Å². The molecule has 2 fully saturated rings. The number of esters is 1. The number of likely N-dealkylation sites (tertiary alicyclic amines) is 1. The van der Waals surface area contributed by atoms with Gasteiger partial charge in [0.25, 0.3) is 0 Å². The standard InChI is InChI=1S/C26H38N2O5S/c1-16(14-29)28-19-21(31)27(24(5,6)15-23(2,3)4)12-8-11-26(19)17(20(28)30)18-22(32)33-13-9-10-25(18,7)34-26/h8-11,16-19,29H,12-15H2,1-7H3/t16-,17+,18+,19?,25-,26+/m1/s1. The molecule has 2 amide bonds. The predicted octanol–water partition coefficient (Wildman–Crippen LogP) is 2.78. The fourth-order valence-corrected chi connectivity index (χ4v) is 8.93. The van der Waals surface area contributed by atoms with E-state index >= 15 is 0 Å². The number of hydrogen-bond acceptors (Lipinski definition) is 6. The van der Waals surface area contributed by atoms with Crippen LogP contribution >= 0.6 is 11.8 Å². The Kier molecular flexibility index (Phi) is 6.04. The highest BCUT2D eigenvalue weighted by molar-refractivity contribution is 8.02. The summed E-state index contributed by atoms with van der Waals surface area (Å²) in [6.45, 7) is 14.7. The molecule has 188 valence electrons. The van der Waals surface area contributed by atoms with Gasteiger partial charge in [0.2, 0.25) is 11.8 Å². The molecule has 0 saturated carbocycles. The summed E-state index contributed by atoms with van der Waals surface area (Å²) in [5.74, 6) is -2.22. The van der Waals surface area contributed by atoms with Crippen LogP contribution < -0.4 is 0 Å². The summed E-state index contributed by atoms with van der Waals surface area (Å²) in [6, 6.07) is -1.35. The third-order valence-electron chi connectivity index (χ3n) is 7.68. The number of aliphatic hydroxyl groups is 1. The van der Waals surface area contributed by atoms with Crippen molar-refractivity contribution in [3.8, 4) is 0 Å². The van der Waals surface area contributed by atoms with Crippen LogP contribution in [0.4, 0.5) is 0 Å². The maximum atomic E-state index is 14.4. The van der Waals surface area contributed by atoms with Gasteiger partial charge in [0.15, 0.2) is 0 Å².